The molecular weight excluding hydrogens is 476 g/mol. The molecule has 1 amide bonds. The van der Waals surface area contributed by atoms with Gasteiger partial charge in [0.2, 0.25) is 0 Å². The van der Waals surface area contributed by atoms with Gasteiger partial charge in [-0.05, 0) is 42.5 Å². The van der Waals surface area contributed by atoms with Gasteiger partial charge in [0.1, 0.15) is 6.33 Å². The van der Waals surface area contributed by atoms with E-state index in [2.05, 4.69) is 31.6 Å². The molecule has 1 aliphatic carbocycles. The van der Waals surface area contributed by atoms with Crippen LogP contribution in [0.3, 0.4) is 0 Å². The highest BCUT2D eigenvalue weighted by Crippen LogP contribution is 2.46. The summed E-state index contributed by atoms with van der Waals surface area (Å²) in [5, 5.41) is 9.66. The van der Waals surface area contributed by atoms with E-state index < -0.39 is 16.1 Å². The van der Waals surface area contributed by atoms with E-state index in [0.29, 0.717) is 18.0 Å². The molecule has 0 saturated heterocycles. The summed E-state index contributed by atoms with van der Waals surface area (Å²) in [7, 11) is -1.13. The molecule has 10 heteroatoms. The Kier molecular flexibility index (Phi) is 5.45. The van der Waals surface area contributed by atoms with Gasteiger partial charge in [-0.25, -0.2) is 4.72 Å². The number of carbonyl (C=O) groups is 1. The Labute approximate surface area is 209 Å². The van der Waals surface area contributed by atoms with Gasteiger partial charge in [0.25, 0.3) is 5.91 Å². The van der Waals surface area contributed by atoms with Crippen molar-refractivity contribution in [3.8, 4) is 16.9 Å². The Morgan fingerprint density at radius 3 is 2.64 bits per heavy atom. The van der Waals surface area contributed by atoms with Crippen molar-refractivity contribution in [2.24, 2.45) is 0 Å². The van der Waals surface area contributed by atoms with Crippen LogP contribution < -0.4 is 4.72 Å². The lowest BCUT2D eigenvalue weighted by molar-refractivity contribution is 0.0980. The molecule has 1 saturated carbocycles. The number of rotatable bonds is 4. The van der Waals surface area contributed by atoms with E-state index in [1.54, 1.807) is 18.5 Å². The number of fused-ring (bicyclic) bond motifs is 7. The van der Waals surface area contributed by atoms with Crippen molar-refractivity contribution in [3.63, 3.8) is 0 Å². The minimum atomic E-state index is -3.90. The van der Waals surface area contributed by atoms with Crippen molar-refractivity contribution in [3.05, 3.63) is 65.7 Å². The zero-order valence-electron chi connectivity index (χ0n) is 20.3. The molecule has 2 aromatic heterocycles. The maximum absolute atomic E-state index is 13.0. The van der Waals surface area contributed by atoms with Crippen molar-refractivity contribution in [2.45, 2.75) is 44.6 Å². The Morgan fingerprint density at radius 2 is 1.86 bits per heavy atom. The number of carbonyl (C=O) groups excluding carboxylic acids is 1. The molecule has 0 bridgehead atoms. The summed E-state index contributed by atoms with van der Waals surface area (Å²) in [4.78, 5) is 13.0. The van der Waals surface area contributed by atoms with Crippen LogP contribution in [0.1, 0.15) is 59.8 Å². The predicted molar refractivity (Wildman–Crippen MR) is 137 cm³/mol. The zero-order chi connectivity index (χ0) is 25.0. The van der Waals surface area contributed by atoms with Gasteiger partial charge < -0.3 is 4.57 Å². The number of para-hydroxylation sites is 1. The lowest BCUT2D eigenvalue weighted by Crippen LogP contribution is -2.39. The largest absolute Gasteiger partial charge is 0.332 e. The van der Waals surface area contributed by atoms with E-state index in [9.17, 15) is 13.2 Å². The molecule has 6 rings (SSSR count). The standard InChI is InChI=1S/C26H28N6O3S/c1-30(2)36(34,35)29-26(33)18-12-13-19-22(14-18)31-15-23-28-27-16-32(23)21-11-7-6-10-20(21)25(31)24(19)17-8-4-3-5-9-17/h6-7,10-14,16-17H,3-5,8-9,15H2,1-2H3,(H,29,33). The molecule has 3 heterocycles. The molecular formula is C26H28N6O3S. The first-order valence-electron chi connectivity index (χ1n) is 12.2. The highest BCUT2D eigenvalue weighted by molar-refractivity contribution is 7.87. The summed E-state index contributed by atoms with van der Waals surface area (Å²) in [6.45, 7) is 0.494. The van der Waals surface area contributed by atoms with Crippen molar-refractivity contribution >= 4 is 27.0 Å². The Bertz CT molecular complexity index is 1600. The first-order chi connectivity index (χ1) is 17.3. The number of amides is 1. The fraction of sp³-hybridized carbons (Fsp3) is 0.346. The molecule has 0 unspecified atom stereocenters. The van der Waals surface area contributed by atoms with Crippen LogP contribution in [-0.4, -0.2) is 52.1 Å². The van der Waals surface area contributed by atoms with Crippen LogP contribution in [0, 0.1) is 0 Å². The summed E-state index contributed by atoms with van der Waals surface area (Å²) < 4.78 is 32.0. The van der Waals surface area contributed by atoms with Gasteiger partial charge in [-0.3, -0.25) is 9.36 Å². The van der Waals surface area contributed by atoms with Crippen molar-refractivity contribution in [1.82, 2.24) is 28.4 Å². The van der Waals surface area contributed by atoms with Crippen LogP contribution in [-0.2, 0) is 16.8 Å². The summed E-state index contributed by atoms with van der Waals surface area (Å²) in [6, 6.07) is 13.8. The third-order valence-electron chi connectivity index (χ3n) is 7.42. The third kappa shape index (κ3) is 3.63. The average molecular weight is 505 g/mol. The zero-order valence-corrected chi connectivity index (χ0v) is 21.1. The lowest BCUT2D eigenvalue weighted by atomic mass is 9.81. The van der Waals surface area contributed by atoms with Gasteiger partial charge in [-0.1, -0.05) is 43.5 Å². The first-order valence-corrected chi connectivity index (χ1v) is 13.7. The predicted octanol–water partition coefficient (Wildman–Crippen LogP) is 3.83. The summed E-state index contributed by atoms with van der Waals surface area (Å²) in [5.74, 6) is 0.568. The van der Waals surface area contributed by atoms with Crippen molar-refractivity contribution in [2.75, 3.05) is 14.1 Å². The van der Waals surface area contributed by atoms with Gasteiger partial charge in [0.05, 0.1) is 23.4 Å². The molecule has 2 aromatic carbocycles. The van der Waals surface area contributed by atoms with Crippen LogP contribution >= 0.6 is 0 Å². The lowest BCUT2D eigenvalue weighted by Gasteiger charge is -2.23. The summed E-state index contributed by atoms with van der Waals surface area (Å²) in [6.07, 6.45) is 7.66. The molecule has 1 fully saturated rings. The number of nitrogens with zero attached hydrogens (tertiary/aromatic N) is 5. The van der Waals surface area contributed by atoms with Crippen LogP contribution in [0.5, 0.6) is 0 Å². The fourth-order valence-electron chi connectivity index (χ4n) is 5.64. The van der Waals surface area contributed by atoms with Gasteiger partial charge >= 0.3 is 10.2 Å². The maximum atomic E-state index is 13.0. The van der Waals surface area contributed by atoms with Gasteiger partial charge in [-0.2, -0.15) is 12.7 Å². The van der Waals surface area contributed by atoms with Gasteiger partial charge in [0.15, 0.2) is 5.82 Å². The van der Waals surface area contributed by atoms with E-state index in [4.69, 9.17) is 0 Å². The minimum absolute atomic E-state index is 0.294. The molecule has 36 heavy (non-hydrogen) atoms. The number of aromatic nitrogens is 4. The highest BCUT2D eigenvalue weighted by Gasteiger charge is 2.31. The van der Waals surface area contributed by atoms with E-state index in [-0.39, 0.29) is 0 Å². The number of hydrogen-bond acceptors (Lipinski definition) is 5. The Balaban J connectivity index is 1.59. The topological polar surface area (TPSA) is 102 Å². The second-order valence-corrected chi connectivity index (χ2v) is 11.7. The Morgan fingerprint density at radius 1 is 1.08 bits per heavy atom. The molecule has 186 valence electrons. The second kappa shape index (κ2) is 8.56. The number of nitrogens with one attached hydrogen (secondary N) is 1. The SMILES string of the molecule is CN(C)S(=O)(=O)NC(=O)c1ccc2c(C3CCCCC3)c3n(c2c1)Cc1nncn1-c1ccccc1-3. The molecule has 1 aliphatic heterocycles. The average Bonchev–Trinajstić information content (AvgIpc) is 3.43. The molecule has 0 atom stereocenters. The second-order valence-electron chi connectivity index (χ2n) is 9.77. The van der Waals surface area contributed by atoms with Crippen molar-refractivity contribution in [1.29, 1.82) is 0 Å². The summed E-state index contributed by atoms with van der Waals surface area (Å²) >= 11 is 0. The first kappa shape index (κ1) is 22.9. The molecule has 1 N–H and O–H groups in total. The van der Waals surface area contributed by atoms with Crippen LogP contribution in [0.2, 0.25) is 0 Å². The van der Waals surface area contributed by atoms with Crippen molar-refractivity contribution < 1.29 is 13.2 Å². The fourth-order valence-corrected chi connectivity index (χ4v) is 6.17. The highest BCUT2D eigenvalue weighted by atomic mass is 32.2. The van der Waals surface area contributed by atoms with Gasteiger partial charge in [-0.15, -0.1) is 10.2 Å². The monoisotopic (exact) mass is 504 g/mol. The third-order valence-corrected chi connectivity index (χ3v) is 8.82. The summed E-state index contributed by atoms with van der Waals surface area (Å²) in [5.41, 5.74) is 5.79. The van der Waals surface area contributed by atoms with E-state index >= 15 is 0 Å². The molecule has 0 spiro atoms. The Hall–Kier alpha value is -3.50. The maximum Gasteiger partial charge on any atom is 0.303 e. The number of benzene rings is 2. The number of hydrogen-bond donors (Lipinski definition) is 1. The normalized spacial score (nSPS) is 15.9. The quantitative estimate of drug-likeness (QED) is 0.401. The minimum Gasteiger partial charge on any atom is -0.332 e. The van der Waals surface area contributed by atoms with Crippen LogP contribution in [0.4, 0.5) is 0 Å². The molecule has 0 radical (unpaired) electrons. The van der Waals surface area contributed by atoms with Crippen LogP contribution in [0.25, 0.3) is 27.8 Å². The smallest absolute Gasteiger partial charge is 0.303 e. The van der Waals surface area contributed by atoms with E-state index in [1.165, 1.54) is 38.9 Å². The van der Waals surface area contributed by atoms with E-state index in [0.717, 1.165) is 50.8 Å². The van der Waals surface area contributed by atoms with E-state index in [1.807, 2.05) is 22.8 Å². The molecule has 4 aromatic rings. The van der Waals surface area contributed by atoms with Crippen LogP contribution in [0.15, 0.2) is 48.8 Å². The molecule has 9 nitrogen and oxygen atoms in total. The molecule has 2 aliphatic rings. The van der Waals surface area contributed by atoms with Gasteiger partial charge in [0, 0.05) is 30.6 Å².